The maximum absolute atomic E-state index is 13.3. The maximum Gasteiger partial charge on any atom is 0.407 e. The Morgan fingerprint density at radius 1 is 1.14 bits per heavy atom. The first-order valence-electron chi connectivity index (χ1n) is 12.3. The normalized spacial score (nSPS) is 19.0. The summed E-state index contributed by atoms with van der Waals surface area (Å²) in [5, 5.41) is 2.73. The molecule has 194 valence electrons. The van der Waals surface area contributed by atoms with E-state index in [0.717, 1.165) is 43.9 Å². The lowest BCUT2D eigenvalue weighted by atomic mass is 9.94. The number of fused-ring (bicyclic) bond motifs is 1. The number of rotatable bonds is 5. The van der Waals surface area contributed by atoms with Gasteiger partial charge in [-0.05, 0) is 57.7 Å². The number of aromatic nitrogens is 2. The molecule has 0 aliphatic carbocycles. The molecular formula is C25H38N4O5S. The minimum absolute atomic E-state index is 0.179. The monoisotopic (exact) mass is 506 g/mol. The predicted octanol–water partition coefficient (Wildman–Crippen LogP) is 3.66. The third-order valence-electron chi connectivity index (χ3n) is 6.38. The van der Waals surface area contributed by atoms with Gasteiger partial charge in [-0.1, -0.05) is 20.8 Å². The number of nitrogens with one attached hydrogen (secondary N) is 1. The van der Waals surface area contributed by atoms with Gasteiger partial charge in [-0.2, -0.15) is 4.31 Å². The molecule has 2 fully saturated rings. The van der Waals surface area contributed by atoms with Gasteiger partial charge in [0.1, 0.15) is 11.4 Å². The fourth-order valence-corrected chi connectivity index (χ4v) is 6.11. The summed E-state index contributed by atoms with van der Waals surface area (Å²) >= 11 is 0. The smallest absolute Gasteiger partial charge is 0.407 e. The first-order valence-corrected chi connectivity index (χ1v) is 13.8. The van der Waals surface area contributed by atoms with Crippen molar-refractivity contribution in [2.75, 3.05) is 26.3 Å². The molecule has 0 saturated carbocycles. The summed E-state index contributed by atoms with van der Waals surface area (Å²) in [7, 11) is -3.69. The number of amides is 1. The molecule has 0 atom stereocenters. The maximum atomic E-state index is 13.3. The Bertz CT molecular complexity index is 1180. The number of ether oxygens (including phenoxy) is 2. The van der Waals surface area contributed by atoms with Gasteiger partial charge in [0.2, 0.25) is 10.0 Å². The number of carbonyl (C=O) groups excluding carboxylic acids is 1. The van der Waals surface area contributed by atoms with Gasteiger partial charge < -0.3 is 19.4 Å². The molecule has 0 unspecified atom stereocenters. The molecular weight excluding hydrogens is 468 g/mol. The second-order valence-electron chi connectivity index (χ2n) is 11.7. The van der Waals surface area contributed by atoms with Gasteiger partial charge in [-0.15, -0.1) is 0 Å². The topological polar surface area (TPSA) is 103 Å². The third kappa shape index (κ3) is 5.81. The summed E-state index contributed by atoms with van der Waals surface area (Å²) in [4.78, 5) is 17.1. The molecule has 1 aromatic carbocycles. The van der Waals surface area contributed by atoms with Gasteiger partial charge in [-0.3, -0.25) is 0 Å². The summed E-state index contributed by atoms with van der Waals surface area (Å²) in [6, 6.07) is 4.95. The van der Waals surface area contributed by atoms with Crippen molar-refractivity contribution in [2.45, 2.75) is 82.9 Å². The van der Waals surface area contributed by atoms with Crippen molar-refractivity contribution in [1.82, 2.24) is 19.2 Å². The molecule has 0 radical (unpaired) electrons. The van der Waals surface area contributed by atoms with Crippen LogP contribution in [0.25, 0.3) is 11.0 Å². The van der Waals surface area contributed by atoms with Gasteiger partial charge in [0, 0.05) is 38.3 Å². The molecule has 1 aromatic heterocycles. The highest BCUT2D eigenvalue weighted by Gasteiger charge is 2.38. The lowest BCUT2D eigenvalue weighted by Gasteiger charge is -2.38. The summed E-state index contributed by atoms with van der Waals surface area (Å²) in [5.41, 5.74) is 0.858. The van der Waals surface area contributed by atoms with Crippen LogP contribution in [0, 0.1) is 5.92 Å². The minimum Gasteiger partial charge on any atom is -0.444 e. The SMILES string of the molecule is CC(C)(C)OC(=O)NC1CN(S(=O)(=O)c2ccc3c(c2)nc(C(C)(C)C)n3CC2CCOCC2)C1. The van der Waals surface area contributed by atoms with E-state index in [4.69, 9.17) is 14.5 Å². The molecule has 1 N–H and O–H groups in total. The van der Waals surface area contributed by atoms with Crippen molar-refractivity contribution in [2.24, 2.45) is 5.92 Å². The zero-order valence-electron chi connectivity index (χ0n) is 21.6. The van der Waals surface area contributed by atoms with Crippen LogP contribution in [0.4, 0.5) is 4.79 Å². The molecule has 2 saturated heterocycles. The van der Waals surface area contributed by atoms with E-state index < -0.39 is 21.7 Å². The van der Waals surface area contributed by atoms with E-state index in [-0.39, 0.29) is 29.4 Å². The molecule has 35 heavy (non-hydrogen) atoms. The van der Waals surface area contributed by atoms with Crippen molar-refractivity contribution in [1.29, 1.82) is 0 Å². The molecule has 0 bridgehead atoms. The van der Waals surface area contributed by atoms with Crippen LogP contribution in [0.2, 0.25) is 0 Å². The summed E-state index contributed by atoms with van der Waals surface area (Å²) in [6.07, 6.45) is 1.50. The Labute approximate surface area is 208 Å². The number of sulfonamides is 1. The average Bonchev–Trinajstić information content (AvgIpc) is 3.08. The summed E-state index contributed by atoms with van der Waals surface area (Å²) in [5.74, 6) is 1.47. The third-order valence-corrected chi connectivity index (χ3v) is 8.21. The average molecular weight is 507 g/mol. The first-order chi connectivity index (χ1) is 16.2. The Morgan fingerprint density at radius 2 is 1.80 bits per heavy atom. The van der Waals surface area contributed by atoms with Gasteiger partial charge in [0.25, 0.3) is 0 Å². The van der Waals surface area contributed by atoms with Crippen LogP contribution in [0.5, 0.6) is 0 Å². The molecule has 3 heterocycles. The van der Waals surface area contributed by atoms with Crippen molar-refractivity contribution in [3.63, 3.8) is 0 Å². The number of hydrogen-bond acceptors (Lipinski definition) is 6. The molecule has 2 aliphatic rings. The Morgan fingerprint density at radius 3 is 2.40 bits per heavy atom. The van der Waals surface area contributed by atoms with E-state index in [1.165, 1.54) is 4.31 Å². The highest BCUT2D eigenvalue weighted by molar-refractivity contribution is 7.89. The number of imidazole rings is 1. The van der Waals surface area contributed by atoms with Crippen molar-refractivity contribution in [3.05, 3.63) is 24.0 Å². The summed E-state index contributed by atoms with van der Waals surface area (Å²) in [6.45, 7) is 14.6. The second kappa shape index (κ2) is 9.37. The standard InChI is InChI=1S/C25H38N4O5S/c1-24(2,3)22-27-20-13-19(7-8-21(20)29(22)14-17-9-11-33-12-10-17)35(31,32)28-15-18(16-28)26-23(30)34-25(4,5)6/h7-8,13,17-18H,9-12,14-16H2,1-6H3,(H,26,30). The van der Waals surface area contributed by atoms with Crippen molar-refractivity contribution >= 4 is 27.1 Å². The number of hydrogen-bond donors (Lipinski definition) is 1. The largest absolute Gasteiger partial charge is 0.444 e. The van der Waals surface area contributed by atoms with Crippen LogP contribution in [-0.4, -0.2) is 66.3 Å². The molecule has 4 rings (SSSR count). The highest BCUT2D eigenvalue weighted by atomic mass is 32.2. The van der Waals surface area contributed by atoms with Gasteiger partial charge in [-0.25, -0.2) is 18.2 Å². The number of nitrogens with zero attached hydrogens (tertiary/aromatic N) is 3. The fourth-order valence-electron chi connectivity index (χ4n) is 4.56. The van der Waals surface area contributed by atoms with Gasteiger partial charge in [0.15, 0.2) is 0 Å². The van der Waals surface area contributed by atoms with E-state index in [9.17, 15) is 13.2 Å². The number of carbonyl (C=O) groups is 1. The van der Waals surface area contributed by atoms with Gasteiger partial charge in [0.05, 0.1) is 22.0 Å². The Kier molecular flexibility index (Phi) is 6.93. The summed E-state index contributed by atoms with van der Waals surface area (Å²) < 4.78 is 40.9. The van der Waals surface area contributed by atoms with Crippen molar-refractivity contribution in [3.8, 4) is 0 Å². The predicted molar refractivity (Wildman–Crippen MR) is 134 cm³/mol. The van der Waals surface area contributed by atoms with Crippen LogP contribution in [0.1, 0.15) is 60.2 Å². The zero-order valence-corrected chi connectivity index (χ0v) is 22.4. The van der Waals surface area contributed by atoms with Crippen molar-refractivity contribution < 1.29 is 22.7 Å². The fraction of sp³-hybridized carbons (Fsp3) is 0.680. The first kappa shape index (κ1) is 25.9. The lowest BCUT2D eigenvalue weighted by molar-refractivity contribution is 0.0459. The van der Waals surface area contributed by atoms with Crippen LogP contribution in [0.3, 0.4) is 0 Å². The van der Waals surface area contributed by atoms with E-state index in [1.54, 1.807) is 32.9 Å². The van der Waals surface area contributed by atoms with Crippen LogP contribution in [0.15, 0.2) is 23.1 Å². The van der Waals surface area contributed by atoms with Crippen LogP contribution >= 0.6 is 0 Å². The second-order valence-corrected chi connectivity index (χ2v) is 13.6. The van der Waals surface area contributed by atoms with E-state index in [1.807, 2.05) is 6.07 Å². The quantitative estimate of drug-likeness (QED) is 0.664. The van der Waals surface area contributed by atoms with E-state index in [2.05, 4.69) is 30.7 Å². The van der Waals surface area contributed by atoms with Crippen LogP contribution < -0.4 is 5.32 Å². The number of benzene rings is 1. The molecule has 10 heteroatoms. The Hall–Kier alpha value is -2.17. The molecule has 1 amide bonds. The minimum atomic E-state index is -3.69. The Balaban J connectivity index is 1.52. The molecule has 2 aliphatic heterocycles. The molecule has 2 aromatic rings. The zero-order chi connectivity index (χ0) is 25.6. The molecule has 0 spiro atoms. The molecule has 9 nitrogen and oxygen atoms in total. The van der Waals surface area contributed by atoms with E-state index >= 15 is 0 Å². The van der Waals surface area contributed by atoms with Gasteiger partial charge >= 0.3 is 6.09 Å². The van der Waals surface area contributed by atoms with Crippen LogP contribution in [-0.2, 0) is 31.5 Å². The lowest BCUT2D eigenvalue weighted by Crippen LogP contribution is -2.61. The highest BCUT2D eigenvalue weighted by Crippen LogP contribution is 2.31. The number of alkyl carbamates (subject to hydrolysis) is 1. The van der Waals surface area contributed by atoms with E-state index in [0.29, 0.717) is 11.4 Å².